The molecular formula is C12H16O5. The van der Waals surface area contributed by atoms with Crippen molar-refractivity contribution < 1.29 is 23.7 Å². The second kappa shape index (κ2) is 3.43. The number of ether oxygens (including phenoxy) is 4. The fourth-order valence-electron chi connectivity index (χ4n) is 3.38. The van der Waals surface area contributed by atoms with Crippen LogP contribution in [-0.4, -0.2) is 43.3 Å². The second-order valence-corrected chi connectivity index (χ2v) is 5.41. The van der Waals surface area contributed by atoms with Crippen LogP contribution in [0.1, 0.15) is 19.8 Å². The number of cyclic esters (lactones) is 1. The van der Waals surface area contributed by atoms with E-state index in [2.05, 4.69) is 0 Å². The number of carbonyl (C=O) groups excluding carboxylic acids is 1. The molecule has 4 fully saturated rings. The smallest absolute Gasteiger partial charge is 0.314 e. The van der Waals surface area contributed by atoms with E-state index in [0.29, 0.717) is 6.61 Å². The van der Waals surface area contributed by atoms with E-state index in [-0.39, 0.29) is 42.2 Å². The Morgan fingerprint density at radius 1 is 1.29 bits per heavy atom. The summed E-state index contributed by atoms with van der Waals surface area (Å²) in [5, 5.41) is 0. The zero-order valence-electron chi connectivity index (χ0n) is 9.70. The van der Waals surface area contributed by atoms with E-state index in [0.717, 1.165) is 12.8 Å². The molecule has 0 saturated carbocycles. The molecule has 0 amide bonds. The lowest BCUT2D eigenvalue weighted by Gasteiger charge is -2.21. The molecule has 17 heavy (non-hydrogen) atoms. The van der Waals surface area contributed by atoms with Crippen LogP contribution < -0.4 is 0 Å². The zero-order chi connectivity index (χ0) is 11.6. The molecule has 0 spiro atoms. The van der Waals surface area contributed by atoms with E-state index in [4.69, 9.17) is 18.9 Å². The van der Waals surface area contributed by atoms with Gasteiger partial charge in [-0.25, -0.2) is 0 Å². The Bertz CT molecular complexity index is 357. The molecule has 0 aromatic carbocycles. The molecule has 2 bridgehead atoms. The molecule has 4 saturated heterocycles. The summed E-state index contributed by atoms with van der Waals surface area (Å²) >= 11 is 0. The van der Waals surface area contributed by atoms with Crippen molar-refractivity contribution in [3.63, 3.8) is 0 Å². The monoisotopic (exact) mass is 240 g/mol. The standard InChI is InChI=1S/C12H16O5/c1-5-8(15-5)4-14-12-10-7-3-2-6(16-7)9(10)11(13)17-12/h5-10,12H,2-4H2,1H3/t5?,6-,7+,8?,9-,10+,12-/m1/s1. The summed E-state index contributed by atoms with van der Waals surface area (Å²) in [4.78, 5) is 11.8. The maximum atomic E-state index is 11.8. The summed E-state index contributed by atoms with van der Waals surface area (Å²) in [6, 6.07) is 0. The van der Waals surface area contributed by atoms with Gasteiger partial charge in [0.2, 0.25) is 6.29 Å². The number of hydrogen-bond donors (Lipinski definition) is 0. The molecule has 4 aliphatic rings. The van der Waals surface area contributed by atoms with Gasteiger partial charge in [-0.3, -0.25) is 4.79 Å². The quantitative estimate of drug-likeness (QED) is 0.530. The van der Waals surface area contributed by atoms with Gasteiger partial charge in [0.05, 0.1) is 36.8 Å². The first-order valence-electron chi connectivity index (χ1n) is 6.37. The molecule has 0 aliphatic carbocycles. The largest absolute Gasteiger partial charge is 0.435 e. The lowest BCUT2D eigenvalue weighted by atomic mass is 9.81. The molecule has 0 radical (unpaired) electrons. The predicted molar refractivity (Wildman–Crippen MR) is 55.0 cm³/mol. The normalized spacial score (nSPS) is 54.9. The highest BCUT2D eigenvalue weighted by atomic mass is 16.7. The minimum absolute atomic E-state index is 0.0715. The van der Waals surface area contributed by atoms with Crippen LogP contribution in [0, 0.1) is 11.8 Å². The van der Waals surface area contributed by atoms with Gasteiger partial charge in [0, 0.05) is 0 Å². The molecule has 94 valence electrons. The average molecular weight is 240 g/mol. The Kier molecular flexibility index (Phi) is 2.08. The summed E-state index contributed by atoms with van der Waals surface area (Å²) in [7, 11) is 0. The SMILES string of the molecule is CC1OC1CO[C@@H]1OC(=O)[C@H]2[C@@H]1[C@@H]1CC[C@H]2O1. The molecule has 2 unspecified atom stereocenters. The third-order valence-electron chi connectivity index (χ3n) is 4.41. The van der Waals surface area contributed by atoms with Crippen molar-refractivity contribution in [3.8, 4) is 0 Å². The van der Waals surface area contributed by atoms with Gasteiger partial charge in [-0.1, -0.05) is 0 Å². The maximum Gasteiger partial charge on any atom is 0.314 e. The minimum Gasteiger partial charge on any atom is -0.435 e. The van der Waals surface area contributed by atoms with Crippen molar-refractivity contribution in [1.29, 1.82) is 0 Å². The third-order valence-corrected chi connectivity index (χ3v) is 4.41. The summed E-state index contributed by atoms with van der Waals surface area (Å²) in [5.74, 6) is -0.122. The number of carbonyl (C=O) groups is 1. The topological polar surface area (TPSA) is 57.3 Å². The van der Waals surface area contributed by atoms with Crippen LogP contribution in [0.4, 0.5) is 0 Å². The van der Waals surface area contributed by atoms with Crippen LogP contribution in [0.15, 0.2) is 0 Å². The summed E-state index contributed by atoms with van der Waals surface area (Å²) in [6.45, 7) is 2.53. The Labute approximate surface area is 99.3 Å². The van der Waals surface area contributed by atoms with Gasteiger partial charge < -0.3 is 18.9 Å². The van der Waals surface area contributed by atoms with Gasteiger partial charge in [0.25, 0.3) is 0 Å². The van der Waals surface area contributed by atoms with Crippen LogP contribution in [0.25, 0.3) is 0 Å². The van der Waals surface area contributed by atoms with Gasteiger partial charge in [0.1, 0.15) is 6.10 Å². The Morgan fingerprint density at radius 3 is 2.82 bits per heavy atom. The molecular weight excluding hydrogens is 224 g/mol. The van der Waals surface area contributed by atoms with Crippen molar-refractivity contribution in [2.45, 2.75) is 50.5 Å². The van der Waals surface area contributed by atoms with E-state index >= 15 is 0 Å². The lowest BCUT2D eigenvalue weighted by molar-refractivity contribution is -0.175. The van der Waals surface area contributed by atoms with Gasteiger partial charge in [-0.15, -0.1) is 0 Å². The van der Waals surface area contributed by atoms with Gasteiger partial charge in [-0.2, -0.15) is 0 Å². The van der Waals surface area contributed by atoms with Crippen molar-refractivity contribution in [2.24, 2.45) is 11.8 Å². The first kappa shape index (κ1) is 10.3. The van der Waals surface area contributed by atoms with Crippen LogP contribution in [0.2, 0.25) is 0 Å². The molecule has 5 nitrogen and oxygen atoms in total. The number of fused-ring (bicyclic) bond motifs is 5. The van der Waals surface area contributed by atoms with Gasteiger partial charge in [0.15, 0.2) is 0 Å². The van der Waals surface area contributed by atoms with E-state index < -0.39 is 6.29 Å². The second-order valence-electron chi connectivity index (χ2n) is 5.41. The average Bonchev–Trinajstić information content (AvgIpc) is 2.75. The summed E-state index contributed by atoms with van der Waals surface area (Å²) in [6.07, 6.45) is 2.27. The van der Waals surface area contributed by atoms with Gasteiger partial charge >= 0.3 is 5.97 Å². The molecule has 4 heterocycles. The van der Waals surface area contributed by atoms with E-state index in [1.807, 2.05) is 6.92 Å². The summed E-state index contributed by atoms with van der Waals surface area (Å²) in [5.41, 5.74) is 0. The van der Waals surface area contributed by atoms with Crippen LogP contribution in [-0.2, 0) is 23.7 Å². The van der Waals surface area contributed by atoms with Crippen LogP contribution in [0.3, 0.4) is 0 Å². The lowest BCUT2D eigenvalue weighted by Crippen LogP contribution is -2.33. The molecule has 0 aromatic heterocycles. The van der Waals surface area contributed by atoms with Crippen LogP contribution in [0.5, 0.6) is 0 Å². The summed E-state index contributed by atoms with van der Waals surface area (Å²) < 4.78 is 22.1. The van der Waals surface area contributed by atoms with Crippen molar-refractivity contribution in [1.82, 2.24) is 0 Å². The first-order chi connectivity index (χ1) is 8.24. The number of epoxide rings is 1. The van der Waals surface area contributed by atoms with Crippen molar-refractivity contribution in [2.75, 3.05) is 6.61 Å². The minimum atomic E-state index is -0.417. The number of rotatable bonds is 3. The molecule has 7 atom stereocenters. The molecule has 4 aliphatic heterocycles. The molecule has 0 N–H and O–H groups in total. The van der Waals surface area contributed by atoms with E-state index in [1.54, 1.807) is 0 Å². The highest BCUT2D eigenvalue weighted by Gasteiger charge is 2.61. The fourth-order valence-corrected chi connectivity index (χ4v) is 3.38. The zero-order valence-corrected chi connectivity index (χ0v) is 9.70. The predicted octanol–water partition coefficient (Wildman–Crippen LogP) is 0.467. The van der Waals surface area contributed by atoms with Crippen LogP contribution >= 0.6 is 0 Å². The Hall–Kier alpha value is -0.650. The van der Waals surface area contributed by atoms with E-state index in [9.17, 15) is 4.79 Å². The first-order valence-corrected chi connectivity index (χ1v) is 6.37. The molecule has 5 heteroatoms. The van der Waals surface area contributed by atoms with Crippen molar-refractivity contribution >= 4 is 5.97 Å². The Balaban J connectivity index is 1.44. The molecule has 4 rings (SSSR count). The highest BCUT2D eigenvalue weighted by molar-refractivity contribution is 5.76. The fraction of sp³-hybridized carbons (Fsp3) is 0.917. The van der Waals surface area contributed by atoms with Crippen molar-refractivity contribution in [3.05, 3.63) is 0 Å². The Morgan fingerprint density at radius 2 is 2.06 bits per heavy atom. The number of hydrogen-bond acceptors (Lipinski definition) is 5. The highest BCUT2D eigenvalue weighted by Crippen LogP contribution is 2.50. The number of esters is 1. The van der Waals surface area contributed by atoms with Gasteiger partial charge in [-0.05, 0) is 19.8 Å². The third kappa shape index (κ3) is 1.46. The maximum absolute atomic E-state index is 11.8. The molecule has 0 aromatic rings. The van der Waals surface area contributed by atoms with E-state index in [1.165, 1.54) is 0 Å².